The molecule has 0 radical (unpaired) electrons. The number of nitrogens with zero attached hydrogens (tertiary/aromatic N) is 1. The van der Waals surface area contributed by atoms with Crippen molar-refractivity contribution in [1.82, 2.24) is 4.90 Å². The minimum atomic E-state index is -0.277. The van der Waals surface area contributed by atoms with Gasteiger partial charge in [0.1, 0.15) is 0 Å². The van der Waals surface area contributed by atoms with Crippen LogP contribution in [-0.4, -0.2) is 38.2 Å². The smallest absolute Gasteiger partial charge is 0.261 e. The van der Waals surface area contributed by atoms with Crippen molar-refractivity contribution in [2.75, 3.05) is 0 Å². The van der Waals surface area contributed by atoms with Gasteiger partial charge in [0.2, 0.25) is 0 Å². The number of hydrogen-bond donors (Lipinski definition) is 0. The first-order valence-corrected chi connectivity index (χ1v) is 10.5. The molecular formula is C21H30NO2P. The first kappa shape index (κ1) is 18.6. The molecule has 3 nitrogen and oxygen atoms in total. The zero-order chi connectivity index (χ0) is 18.8. The molecule has 0 saturated carbocycles. The molecular weight excluding hydrogens is 329 g/mol. The van der Waals surface area contributed by atoms with Gasteiger partial charge < -0.3 is 0 Å². The summed E-state index contributed by atoms with van der Waals surface area (Å²) in [5.41, 5.74) is 1.12. The first-order chi connectivity index (χ1) is 11.4. The molecule has 3 rings (SSSR count). The van der Waals surface area contributed by atoms with Gasteiger partial charge in [0.05, 0.1) is 11.1 Å². The molecule has 2 aliphatic heterocycles. The predicted molar refractivity (Wildman–Crippen MR) is 105 cm³/mol. The third kappa shape index (κ3) is 2.95. The molecule has 0 unspecified atom stereocenters. The van der Waals surface area contributed by atoms with Crippen molar-refractivity contribution in [1.29, 1.82) is 0 Å². The van der Waals surface area contributed by atoms with E-state index in [9.17, 15) is 9.59 Å². The Morgan fingerprint density at radius 3 is 1.68 bits per heavy atom. The Morgan fingerprint density at radius 2 is 1.32 bits per heavy atom. The summed E-state index contributed by atoms with van der Waals surface area (Å²) in [4.78, 5) is 27.4. The Bertz CT molecular complexity index is 677. The van der Waals surface area contributed by atoms with Crippen LogP contribution in [0.5, 0.6) is 0 Å². The number of carbonyl (C=O) groups is 2. The molecule has 1 fully saturated rings. The van der Waals surface area contributed by atoms with Gasteiger partial charge in [-0.1, -0.05) is 68.5 Å². The summed E-state index contributed by atoms with van der Waals surface area (Å²) in [7, 11) is -0.277. The number of rotatable bonds is 1. The molecule has 2 aliphatic rings. The lowest BCUT2D eigenvalue weighted by molar-refractivity contribution is 0.0544. The molecule has 136 valence electrons. The largest absolute Gasteiger partial charge is 0.271 e. The van der Waals surface area contributed by atoms with E-state index < -0.39 is 0 Å². The maximum atomic E-state index is 12.9. The average Bonchev–Trinajstić information content (AvgIpc) is 2.66. The fourth-order valence-corrected chi connectivity index (χ4v) is 11.8. The Hall–Kier alpha value is -1.21. The Balaban J connectivity index is 1.97. The third-order valence-corrected chi connectivity index (χ3v) is 9.67. The summed E-state index contributed by atoms with van der Waals surface area (Å²) >= 11 is 0. The second-order valence-electron chi connectivity index (χ2n) is 9.72. The van der Waals surface area contributed by atoms with E-state index in [4.69, 9.17) is 0 Å². The Labute approximate surface area is 152 Å². The lowest BCUT2D eigenvalue weighted by Crippen LogP contribution is -2.53. The normalized spacial score (nSPS) is 28.2. The Morgan fingerprint density at radius 1 is 0.920 bits per heavy atom. The number of hydrogen-bond acceptors (Lipinski definition) is 2. The van der Waals surface area contributed by atoms with Gasteiger partial charge in [-0.25, -0.2) is 0 Å². The maximum absolute atomic E-state index is 12.9. The molecule has 1 saturated heterocycles. The lowest BCUT2D eigenvalue weighted by atomic mass is 9.91. The standard InChI is InChI=1S/C21H30NO2P/c1-19(2,3)25-20(4,5)12-14(13-21(25,6)7)22-17(23)15-10-8-9-11-16(15)18(22)24/h8-11,14H,12-13H2,1-7H3. The van der Waals surface area contributed by atoms with Crippen LogP contribution in [0.25, 0.3) is 0 Å². The van der Waals surface area contributed by atoms with Crippen LogP contribution in [0.3, 0.4) is 0 Å². The van der Waals surface area contributed by atoms with Crippen LogP contribution < -0.4 is 0 Å². The molecule has 0 spiro atoms. The van der Waals surface area contributed by atoms with Gasteiger partial charge in [-0.15, -0.1) is 0 Å². The van der Waals surface area contributed by atoms with Crippen LogP contribution >= 0.6 is 7.92 Å². The second kappa shape index (κ2) is 5.64. The summed E-state index contributed by atoms with van der Waals surface area (Å²) in [5, 5.41) is 0.486. The van der Waals surface area contributed by atoms with Crippen molar-refractivity contribution in [3.8, 4) is 0 Å². The van der Waals surface area contributed by atoms with Crippen LogP contribution in [-0.2, 0) is 0 Å². The quantitative estimate of drug-likeness (QED) is 0.505. The van der Waals surface area contributed by atoms with Gasteiger partial charge in [-0.05, 0) is 40.4 Å². The fourth-order valence-electron chi connectivity index (χ4n) is 5.77. The average molecular weight is 359 g/mol. The van der Waals surface area contributed by atoms with Crippen molar-refractivity contribution in [3.05, 3.63) is 35.4 Å². The van der Waals surface area contributed by atoms with E-state index in [1.165, 1.54) is 0 Å². The molecule has 2 amide bonds. The molecule has 0 bridgehead atoms. The lowest BCUT2D eigenvalue weighted by Gasteiger charge is -2.58. The molecule has 0 aromatic heterocycles. The summed E-state index contributed by atoms with van der Waals surface area (Å²) in [6.07, 6.45) is 1.79. The van der Waals surface area contributed by atoms with Crippen molar-refractivity contribution in [2.45, 2.75) is 82.8 Å². The van der Waals surface area contributed by atoms with Crippen LogP contribution in [0, 0.1) is 0 Å². The van der Waals surface area contributed by atoms with Crippen LogP contribution in [0.2, 0.25) is 0 Å². The van der Waals surface area contributed by atoms with Crippen molar-refractivity contribution >= 4 is 19.7 Å². The molecule has 4 heteroatoms. The summed E-state index contributed by atoms with van der Waals surface area (Å²) in [6.45, 7) is 16.3. The monoisotopic (exact) mass is 359 g/mol. The number of amides is 2. The SMILES string of the molecule is CC(C)(C)P1C(C)(C)CC(N2C(=O)c3ccccc3C2=O)CC1(C)C. The first-order valence-electron chi connectivity index (χ1n) is 9.14. The highest BCUT2D eigenvalue weighted by molar-refractivity contribution is 7.62. The van der Waals surface area contributed by atoms with E-state index in [1.54, 1.807) is 17.0 Å². The van der Waals surface area contributed by atoms with E-state index in [0.717, 1.165) is 12.8 Å². The van der Waals surface area contributed by atoms with Gasteiger partial charge >= 0.3 is 0 Å². The van der Waals surface area contributed by atoms with Crippen molar-refractivity contribution in [3.63, 3.8) is 0 Å². The van der Waals surface area contributed by atoms with Crippen molar-refractivity contribution < 1.29 is 9.59 Å². The highest BCUT2D eigenvalue weighted by atomic mass is 31.1. The minimum absolute atomic E-state index is 0.0153. The van der Waals surface area contributed by atoms with E-state index in [-0.39, 0.29) is 41.2 Å². The molecule has 0 N–H and O–H groups in total. The summed E-state index contributed by atoms with van der Waals surface area (Å²) in [5.74, 6) is -0.224. The van der Waals surface area contributed by atoms with E-state index in [1.807, 2.05) is 12.1 Å². The van der Waals surface area contributed by atoms with E-state index >= 15 is 0 Å². The second-order valence-corrected chi connectivity index (χ2v) is 14.2. The molecule has 1 aromatic carbocycles. The highest BCUT2D eigenvalue weighted by Gasteiger charge is 2.54. The topological polar surface area (TPSA) is 37.4 Å². The predicted octanol–water partition coefficient (Wildman–Crippen LogP) is 5.28. The number of imide groups is 1. The van der Waals surface area contributed by atoms with Crippen LogP contribution in [0.4, 0.5) is 0 Å². The molecule has 2 heterocycles. The van der Waals surface area contributed by atoms with Gasteiger partial charge in [0, 0.05) is 6.04 Å². The number of carbonyl (C=O) groups excluding carboxylic acids is 2. The van der Waals surface area contributed by atoms with E-state index in [2.05, 4.69) is 48.5 Å². The zero-order valence-electron chi connectivity index (χ0n) is 16.5. The van der Waals surface area contributed by atoms with Crippen LogP contribution in [0.15, 0.2) is 24.3 Å². The highest BCUT2D eigenvalue weighted by Crippen LogP contribution is 2.72. The van der Waals surface area contributed by atoms with Gasteiger partial charge in [0.15, 0.2) is 0 Å². The van der Waals surface area contributed by atoms with Gasteiger partial charge in [-0.3, -0.25) is 14.5 Å². The zero-order valence-corrected chi connectivity index (χ0v) is 17.4. The maximum Gasteiger partial charge on any atom is 0.261 e. The Kier molecular flexibility index (Phi) is 4.19. The van der Waals surface area contributed by atoms with Crippen LogP contribution in [0.1, 0.15) is 82.0 Å². The number of benzene rings is 1. The molecule has 0 aliphatic carbocycles. The minimum Gasteiger partial charge on any atom is -0.271 e. The number of fused-ring (bicyclic) bond motifs is 1. The van der Waals surface area contributed by atoms with Gasteiger partial charge in [0.25, 0.3) is 11.8 Å². The third-order valence-electron chi connectivity index (χ3n) is 5.54. The van der Waals surface area contributed by atoms with Crippen molar-refractivity contribution in [2.24, 2.45) is 0 Å². The van der Waals surface area contributed by atoms with Gasteiger partial charge in [-0.2, -0.15) is 0 Å². The summed E-state index contributed by atoms with van der Waals surface area (Å²) < 4.78 is 0. The molecule has 25 heavy (non-hydrogen) atoms. The summed E-state index contributed by atoms with van der Waals surface area (Å²) in [6, 6.07) is 7.20. The molecule has 1 aromatic rings. The fraction of sp³-hybridized carbons (Fsp3) is 0.619. The van der Waals surface area contributed by atoms with E-state index in [0.29, 0.717) is 11.1 Å². The molecule has 0 atom stereocenters.